The van der Waals surface area contributed by atoms with E-state index in [1.807, 2.05) is 6.26 Å². The maximum absolute atomic E-state index is 11.9. The fourth-order valence-electron chi connectivity index (χ4n) is 1.77. The minimum absolute atomic E-state index is 0.0122. The second-order valence-corrected chi connectivity index (χ2v) is 5.41. The van der Waals surface area contributed by atoms with E-state index in [4.69, 9.17) is 10.5 Å². The van der Waals surface area contributed by atoms with Gasteiger partial charge in [0.1, 0.15) is 5.75 Å². The SMILES string of the molecule is CSCC[C@H](N)C(=O)Nc1ccc2c(c1)NC(=O)CO2. The summed E-state index contributed by atoms with van der Waals surface area (Å²) < 4.78 is 5.24. The number of benzene rings is 1. The Labute approximate surface area is 121 Å². The quantitative estimate of drug-likeness (QED) is 0.754. The van der Waals surface area contributed by atoms with Gasteiger partial charge in [-0.05, 0) is 36.6 Å². The highest BCUT2D eigenvalue weighted by molar-refractivity contribution is 7.98. The van der Waals surface area contributed by atoms with Crippen LogP contribution in [0.4, 0.5) is 11.4 Å². The number of hydrogen-bond donors (Lipinski definition) is 3. The highest BCUT2D eigenvalue weighted by Crippen LogP contribution is 2.30. The second-order valence-electron chi connectivity index (χ2n) is 4.43. The fraction of sp³-hybridized carbons (Fsp3) is 0.385. The number of anilines is 2. The first-order chi connectivity index (χ1) is 9.60. The molecule has 0 saturated carbocycles. The first kappa shape index (κ1) is 14.7. The molecule has 0 bridgehead atoms. The van der Waals surface area contributed by atoms with Crippen LogP contribution in [0.5, 0.6) is 5.75 Å². The molecule has 4 N–H and O–H groups in total. The average Bonchev–Trinajstić information content (AvgIpc) is 2.44. The summed E-state index contributed by atoms with van der Waals surface area (Å²) in [4.78, 5) is 23.1. The lowest BCUT2D eigenvalue weighted by Gasteiger charge is -2.19. The van der Waals surface area contributed by atoms with Gasteiger partial charge in [-0.3, -0.25) is 9.59 Å². The molecule has 1 aromatic rings. The van der Waals surface area contributed by atoms with Crippen molar-refractivity contribution in [1.82, 2.24) is 0 Å². The first-order valence-corrected chi connectivity index (χ1v) is 7.61. The molecule has 0 unspecified atom stereocenters. The van der Waals surface area contributed by atoms with Crippen LogP contribution in [0, 0.1) is 0 Å². The molecule has 20 heavy (non-hydrogen) atoms. The van der Waals surface area contributed by atoms with Crippen molar-refractivity contribution >= 4 is 35.0 Å². The molecular weight excluding hydrogens is 278 g/mol. The van der Waals surface area contributed by atoms with Gasteiger partial charge in [-0.2, -0.15) is 11.8 Å². The molecule has 0 spiro atoms. The number of thioether (sulfide) groups is 1. The summed E-state index contributed by atoms with van der Waals surface area (Å²) in [7, 11) is 0. The molecular formula is C13H17N3O3S. The van der Waals surface area contributed by atoms with Crippen molar-refractivity contribution in [3.8, 4) is 5.75 Å². The van der Waals surface area contributed by atoms with Crippen LogP contribution in [-0.2, 0) is 9.59 Å². The highest BCUT2D eigenvalue weighted by atomic mass is 32.2. The Morgan fingerprint density at radius 1 is 1.60 bits per heavy atom. The van der Waals surface area contributed by atoms with Gasteiger partial charge in [-0.1, -0.05) is 0 Å². The number of carbonyl (C=O) groups excluding carboxylic acids is 2. The molecule has 1 heterocycles. The van der Waals surface area contributed by atoms with Crippen molar-refractivity contribution in [3.63, 3.8) is 0 Å². The van der Waals surface area contributed by atoms with E-state index in [0.717, 1.165) is 5.75 Å². The summed E-state index contributed by atoms with van der Waals surface area (Å²) >= 11 is 1.65. The second kappa shape index (κ2) is 6.62. The molecule has 0 saturated heterocycles. The third kappa shape index (κ3) is 3.64. The minimum Gasteiger partial charge on any atom is -0.482 e. The molecule has 6 nitrogen and oxygen atoms in total. The van der Waals surface area contributed by atoms with Gasteiger partial charge in [0.05, 0.1) is 11.7 Å². The number of carbonyl (C=O) groups is 2. The maximum atomic E-state index is 11.9. The normalized spacial score (nSPS) is 14.8. The Hall–Kier alpha value is -1.73. The van der Waals surface area contributed by atoms with Gasteiger partial charge < -0.3 is 21.1 Å². The number of amides is 2. The van der Waals surface area contributed by atoms with Crippen LogP contribution in [0.1, 0.15) is 6.42 Å². The van der Waals surface area contributed by atoms with Crippen LogP contribution < -0.4 is 21.1 Å². The lowest BCUT2D eigenvalue weighted by molar-refractivity contribution is -0.118. The molecule has 1 aromatic carbocycles. The van der Waals surface area contributed by atoms with E-state index in [2.05, 4.69) is 10.6 Å². The fourth-order valence-corrected chi connectivity index (χ4v) is 2.26. The summed E-state index contributed by atoms with van der Waals surface area (Å²) in [5, 5.41) is 5.42. The summed E-state index contributed by atoms with van der Waals surface area (Å²) in [6.45, 7) is 0.0122. The van der Waals surface area contributed by atoms with Crippen molar-refractivity contribution < 1.29 is 14.3 Å². The number of hydrogen-bond acceptors (Lipinski definition) is 5. The third-order valence-corrected chi connectivity index (χ3v) is 3.49. The summed E-state index contributed by atoms with van der Waals surface area (Å²) in [6, 6.07) is 4.54. The number of rotatable bonds is 5. The standard InChI is InChI=1S/C13H17N3O3S/c1-20-5-4-9(14)13(18)15-8-2-3-11-10(6-8)16-12(17)7-19-11/h2-3,6,9H,4-5,7,14H2,1H3,(H,15,18)(H,16,17)/t9-/m0/s1. The number of nitrogens with two attached hydrogens (primary N) is 1. The average molecular weight is 295 g/mol. The minimum atomic E-state index is -0.538. The molecule has 108 valence electrons. The van der Waals surface area contributed by atoms with E-state index in [1.54, 1.807) is 30.0 Å². The van der Waals surface area contributed by atoms with E-state index in [1.165, 1.54) is 0 Å². The number of ether oxygens (including phenoxy) is 1. The molecule has 0 aliphatic carbocycles. The summed E-state index contributed by atoms with van der Waals surface area (Å²) in [5.74, 6) is 0.983. The van der Waals surface area contributed by atoms with Crippen LogP contribution in [0.15, 0.2) is 18.2 Å². The molecule has 2 rings (SSSR count). The summed E-state index contributed by atoms with van der Waals surface area (Å²) in [5.41, 5.74) is 6.93. The monoisotopic (exact) mass is 295 g/mol. The largest absolute Gasteiger partial charge is 0.482 e. The van der Waals surface area contributed by atoms with E-state index in [0.29, 0.717) is 23.5 Å². The third-order valence-electron chi connectivity index (χ3n) is 2.85. The molecule has 0 aromatic heterocycles. The summed E-state index contributed by atoms with van der Waals surface area (Å²) in [6.07, 6.45) is 2.59. The zero-order chi connectivity index (χ0) is 14.5. The van der Waals surface area contributed by atoms with E-state index in [9.17, 15) is 9.59 Å². The lowest BCUT2D eigenvalue weighted by atomic mass is 10.2. The van der Waals surface area contributed by atoms with Crippen LogP contribution in [-0.4, -0.2) is 36.5 Å². The zero-order valence-corrected chi connectivity index (χ0v) is 12.0. The van der Waals surface area contributed by atoms with Crippen LogP contribution in [0.25, 0.3) is 0 Å². The predicted octanol–water partition coefficient (Wildman–Crippen LogP) is 1.04. The molecule has 0 fully saturated rings. The van der Waals surface area contributed by atoms with Gasteiger partial charge in [-0.25, -0.2) is 0 Å². The Morgan fingerprint density at radius 3 is 3.15 bits per heavy atom. The Bertz CT molecular complexity index is 522. The van der Waals surface area contributed by atoms with Crippen molar-refractivity contribution in [3.05, 3.63) is 18.2 Å². The van der Waals surface area contributed by atoms with Gasteiger partial charge in [-0.15, -0.1) is 0 Å². The smallest absolute Gasteiger partial charge is 0.262 e. The molecule has 0 radical (unpaired) electrons. The van der Waals surface area contributed by atoms with Crippen molar-refractivity contribution in [2.45, 2.75) is 12.5 Å². The predicted molar refractivity (Wildman–Crippen MR) is 80.2 cm³/mol. The Balaban J connectivity index is 2.01. The molecule has 7 heteroatoms. The van der Waals surface area contributed by atoms with Gasteiger partial charge in [0, 0.05) is 5.69 Å². The van der Waals surface area contributed by atoms with Crippen LogP contribution in [0.2, 0.25) is 0 Å². The Morgan fingerprint density at radius 2 is 2.40 bits per heavy atom. The van der Waals surface area contributed by atoms with Crippen LogP contribution in [0.3, 0.4) is 0 Å². The first-order valence-electron chi connectivity index (χ1n) is 6.22. The molecule has 1 atom stereocenters. The lowest BCUT2D eigenvalue weighted by Crippen LogP contribution is -2.36. The van der Waals surface area contributed by atoms with Crippen LogP contribution >= 0.6 is 11.8 Å². The Kier molecular flexibility index (Phi) is 4.86. The molecule has 2 amide bonds. The van der Waals surface area contributed by atoms with Crippen molar-refractivity contribution in [2.75, 3.05) is 29.2 Å². The van der Waals surface area contributed by atoms with Gasteiger partial charge in [0.2, 0.25) is 5.91 Å². The highest BCUT2D eigenvalue weighted by Gasteiger charge is 2.18. The van der Waals surface area contributed by atoms with Gasteiger partial charge >= 0.3 is 0 Å². The zero-order valence-electron chi connectivity index (χ0n) is 11.1. The van der Waals surface area contributed by atoms with E-state index >= 15 is 0 Å². The van der Waals surface area contributed by atoms with Crippen molar-refractivity contribution in [2.24, 2.45) is 5.73 Å². The van der Waals surface area contributed by atoms with E-state index in [-0.39, 0.29) is 18.4 Å². The van der Waals surface area contributed by atoms with Gasteiger partial charge in [0.15, 0.2) is 6.61 Å². The molecule has 1 aliphatic rings. The van der Waals surface area contributed by atoms with Gasteiger partial charge in [0.25, 0.3) is 5.91 Å². The van der Waals surface area contributed by atoms with E-state index < -0.39 is 6.04 Å². The van der Waals surface area contributed by atoms with Crippen molar-refractivity contribution in [1.29, 1.82) is 0 Å². The molecule has 1 aliphatic heterocycles. The maximum Gasteiger partial charge on any atom is 0.262 e. The number of fused-ring (bicyclic) bond motifs is 1. The topological polar surface area (TPSA) is 93.5 Å². The number of nitrogens with one attached hydrogen (secondary N) is 2.